The summed E-state index contributed by atoms with van der Waals surface area (Å²) < 4.78 is 0.994. The standard InChI is InChI=1S/C11H16BrNOS/c1-5-11(2,3)13(4)10(14)8-6-9(12)15-7-8/h6-7H,5H2,1-4H3. The highest BCUT2D eigenvalue weighted by atomic mass is 79.9. The number of amides is 1. The fraction of sp³-hybridized carbons (Fsp3) is 0.545. The largest absolute Gasteiger partial charge is 0.337 e. The predicted octanol–water partition coefficient (Wildman–Crippen LogP) is 3.77. The lowest BCUT2D eigenvalue weighted by molar-refractivity contribution is 0.0621. The Morgan fingerprint density at radius 1 is 1.60 bits per heavy atom. The van der Waals surface area contributed by atoms with Crippen LogP contribution in [0.2, 0.25) is 0 Å². The molecule has 0 aliphatic rings. The summed E-state index contributed by atoms with van der Waals surface area (Å²) in [4.78, 5) is 13.9. The molecule has 4 heteroatoms. The van der Waals surface area contributed by atoms with Gasteiger partial charge in [0.2, 0.25) is 0 Å². The van der Waals surface area contributed by atoms with E-state index in [0.717, 1.165) is 15.8 Å². The Bertz CT molecular complexity index is 359. The molecule has 0 saturated carbocycles. The molecule has 0 fully saturated rings. The minimum atomic E-state index is -0.0918. The second-order valence-corrected chi connectivity index (χ2v) is 6.46. The lowest BCUT2D eigenvalue weighted by atomic mass is 9.99. The third-order valence-electron chi connectivity index (χ3n) is 2.89. The SMILES string of the molecule is CCC(C)(C)N(C)C(=O)c1csc(Br)c1. The van der Waals surface area contributed by atoms with E-state index in [1.54, 1.807) is 0 Å². The summed E-state index contributed by atoms with van der Waals surface area (Å²) in [5, 5.41) is 1.88. The van der Waals surface area contributed by atoms with Crippen LogP contribution in [0.5, 0.6) is 0 Å². The second kappa shape index (κ2) is 4.66. The minimum Gasteiger partial charge on any atom is -0.337 e. The fourth-order valence-corrected chi connectivity index (χ4v) is 2.26. The lowest BCUT2D eigenvalue weighted by Gasteiger charge is -2.34. The van der Waals surface area contributed by atoms with Gasteiger partial charge in [-0.1, -0.05) is 6.92 Å². The van der Waals surface area contributed by atoms with Crippen LogP contribution in [0.15, 0.2) is 15.2 Å². The van der Waals surface area contributed by atoms with Crippen LogP contribution in [0, 0.1) is 0 Å². The topological polar surface area (TPSA) is 20.3 Å². The van der Waals surface area contributed by atoms with Gasteiger partial charge < -0.3 is 4.90 Å². The van der Waals surface area contributed by atoms with Gasteiger partial charge in [-0.2, -0.15) is 0 Å². The number of carbonyl (C=O) groups is 1. The first-order valence-corrected chi connectivity index (χ1v) is 6.58. The molecular formula is C11H16BrNOS. The molecule has 1 aromatic heterocycles. The van der Waals surface area contributed by atoms with Crippen molar-refractivity contribution in [3.05, 3.63) is 20.8 Å². The van der Waals surface area contributed by atoms with Gasteiger partial charge in [-0.25, -0.2) is 0 Å². The number of halogens is 1. The van der Waals surface area contributed by atoms with Crippen LogP contribution in [0.1, 0.15) is 37.6 Å². The van der Waals surface area contributed by atoms with Crippen molar-refractivity contribution < 1.29 is 4.79 Å². The van der Waals surface area contributed by atoms with Crippen LogP contribution in [-0.2, 0) is 0 Å². The molecule has 0 aliphatic heterocycles. The molecule has 0 spiro atoms. The van der Waals surface area contributed by atoms with Gasteiger partial charge in [0, 0.05) is 18.0 Å². The smallest absolute Gasteiger partial charge is 0.254 e. The van der Waals surface area contributed by atoms with Gasteiger partial charge in [0.1, 0.15) is 0 Å². The van der Waals surface area contributed by atoms with E-state index >= 15 is 0 Å². The van der Waals surface area contributed by atoms with Crippen LogP contribution in [0.25, 0.3) is 0 Å². The zero-order chi connectivity index (χ0) is 11.6. The number of thiophene rings is 1. The molecule has 0 saturated heterocycles. The minimum absolute atomic E-state index is 0.0869. The molecule has 15 heavy (non-hydrogen) atoms. The monoisotopic (exact) mass is 289 g/mol. The Morgan fingerprint density at radius 3 is 2.60 bits per heavy atom. The molecule has 0 atom stereocenters. The molecule has 0 radical (unpaired) electrons. The highest BCUT2D eigenvalue weighted by Gasteiger charge is 2.26. The number of hydrogen-bond acceptors (Lipinski definition) is 2. The van der Waals surface area contributed by atoms with Crippen LogP contribution < -0.4 is 0 Å². The summed E-state index contributed by atoms with van der Waals surface area (Å²) in [5.41, 5.74) is 0.668. The summed E-state index contributed by atoms with van der Waals surface area (Å²) in [6.45, 7) is 6.24. The van der Waals surface area contributed by atoms with Crippen molar-refractivity contribution >= 4 is 33.2 Å². The lowest BCUT2D eigenvalue weighted by Crippen LogP contribution is -2.44. The summed E-state index contributed by atoms with van der Waals surface area (Å²) in [5.74, 6) is 0.0869. The van der Waals surface area contributed by atoms with Crippen molar-refractivity contribution in [3.8, 4) is 0 Å². The Morgan fingerprint density at radius 2 is 2.20 bits per heavy atom. The Labute approximate surface area is 103 Å². The van der Waals surface area contributed by atoms with Crippen molar-refractivity contribution in [2.75, 3.05) is 7.05 Å². The van der Waals surface area contributed by atoms with Gasteiger partial charge in [-0.15, -0.1) is 11.3 Å². The quantitative estimate of drug-likeness (QED) is 0.829. The highest BCUT2D eigenvalue weighted by Crippen LogP contribution is 2.24. The van der Waals surface area contributed by atoms with Gasteiger partial charge in [0.25, 0.3) is 5.91 Å². The van der Waals surface area contributed by atoms with Gasteiger partial charge in [0.05, 0.1) is 9.35 Å². The molecule has 84 valence electrons. The van der Waals surface area contributed by atoms with Crippen LogP contribution in [0.3, 0.4) is 0 Å². The predicted molar refractivity (Wildman–Crippen MR) is 68.5 cm³/mol. The Kier molecular flexibility index (Phi) is 3.95. The van der Waals surface area contributed by atoms with Crippen molar-refractivity contribution in [1.29, 1.82) is 0 Å². The van der Waals surface area contributed by atoms with E-state index in [0.29, 0.717) is 0 Å². The third kappa shape index (κ3) is 2.82. The molecule has 0 aliphatic carbocycles. The average Bonchev–Trinajstić information content (AvgIpc) is 2.62. The van der Waals surface area contributed by atoms with E-state index in [1.807, 2.05) is 23.4 Å². The first-order valence-electron chi connectivity index (χ1n) is 4.90. The molecule has 0 aromatic carbocycles. The molecule has 2 nitrogen and oxygen atoms in total. The van der Waals surface area contributed by atoms with Gasteiger partial charge >= 0.3 is 0 Å². The zero-order valence-corrected chi connectivity index (χ0v) is 11.9. The molecule has 0 unspecified atom stereocenters. The van der Waals surface area contributed by atoms with Crippen molar-refractivity contribution in [2.45, 2.75) is 32.7 Å². The number of hydrogen-bond donors (Lipinski definition) is 0. The van der Waals surface area contributed by atoms with Gasteiger partial charge in [-0.05, 0) is 42.3 Å². The van der Waals surface area contributed by atoms with E-state index in [2.05, 4.69) is 36.7 Å². The van der Waals surface area contributed by atoms with E-state index < -0.39 is 0 Å². The van der Waals surface area contributed by atoms with Crippen LogP contribution in [-0.4, -0.2) is 23.4 Å². The molecule has 1 rings (SSSR count). The summed E-state index contributed by atoms with van der Waals surface area (Å²) >= 11 is 4.90. The summed E-state index contributed by atoms with van der Waals surface area (Å²) in [6.07, 6.45) is 0.945. The molecule has 1 aromatic rings. The number of carbonyl (C=O) groups excluding carboxylic acids is 1. The molecule has 1 heterocycles. The average molecular weight is 290 g/mol. The van der Waals surface area contributed by atoms with Crippen LogP contribution >= 0.6 is 27.3 Å². The number of rotatable bonds is 3. The van der Waals surface area contributed by atoms with Crippen molar-refractivity contribution in [3.63, 3.8) is 0 Å². The summed E-state index contributed by atoms with van der Waals surface area (Å²) in [6, 6.07) is 1.87. The Hall–Kier alpha value is -0.350. The fourth-order valence-electron chi connectivity index (χ4n) is 1.13. The van der Waals surface area contributed by atoms with E-state index in [-0.39, 0.29) is 11.4 Å². The molecule has 0 N–H and O–H groups in total. The van der Waals surface area contributed by atoms with Crippen LogP contribution in [0.4, 0.5) is 0 Å². The second-order valence-electron chi connectivity index (χ2n) is 4.17. The first kappa shape index (κ1) is 12.7. The van der Waals surface area contributed by atoms with Crippen molar-refractivity contribution in [2.24, 2.45) is 0 Å². The maximum atomic E-state index is 12.1. The maximum absolute atomic E-state index is 12.1. The number of nitrogens with zero attached hydrogens (tertiary/aromatic N) is 1. The van der Waals surface area contributed by atoms with E-state index in [4.69, 9.17) is 0 Å². The van der Waals surface area contributed by atoms with Gasteiger partial charge in [-0.3, -0.25) is 4.79 Å². The molecule has 0 bridgehead atoms. The zero-order valence-electron chi connectivity index (χ0n) is 9.50. The molecule has 1 amide bonds. The third-order valence-corrected chi connectivity index (χ3v) is 4.40. The summed E-state index contributed by atoms with van der Waals surface area (Å²) in [7, 11) is 1.86. The first-order chi connectivity index (χ1) is 6.88. The highest BCUT2D eigenvalue weighted by molar-refractivity contribution is 9.11. The van der Waals surface area contributed by atoms with Crippen molar-refractivity contribution in [1.82, 2.24) is 4.90 Å². The Balaban J connectivity index is 2.86. The van der Waals surface area contributed by atoms with E-state index in [1.165, 1.54) is 11.3 Å². The normalized spacial score (nSPS) is 11.5. The molecular weight excluding hydrogens is 274 g/mol. The van der Waals surface area contributed by atoms with E-state index in [9.17, 15) is 4.79 Å². The van der Waals surface area contributed by atoms with Gasteiger partial charge in [0.15, 0.2) is 0 Å². The maximum Gasteiger partial charge on any atom is 0.254 e.